The maximum Gasteiger partial charge on any atom is 0.237 e. The molecule has 0 aromatic heterocycles. The van der Waals surface area contributed by atoms with Crippen molar-refractivity contribution in [2.45, 2.75) is 44.3 Å². The van der Waals surface area contributed by atoms with Crippen LogP contribution in [0.2, 0.25) is 0 Å². The molecule has 1 fully saturated rings. The number of nitrogens with one attached hydrogen (secondary N) is 2. The summed E-state index contributed by atoms with van der Waals surface area (Å²) in [6.45, 7) is 0.626. The summed E-state index contributed by atoms with van der Waals surface area (Å²) in [4.78, 5) is 12.8. The van der Waals surface area contributed by atoms with Crippen molar-refractivity contribution in [2.24, 2.45) is 11.8 Å². The molecule has 2 unspecified atom stereocenters. The molecule has 4 rings (SSSR count). The lowest BCUT2D eigenvalue weighted by molar-refractivity contribution is -0.124. The zero-order valence-corrected chi connectivity index (χ0v) is 13.7. The second-order valence-corrected chi connectivity index (χ2v) is 7.15. The molecule has 0 saturated heterocycles. The fraction of sp³-hybridized carbons (Fsp3) is 0.450. The van der Waals surface area contributed by atoms with Crippen molar-refractivity contribution in [1.82, 2.24) is 10.6 Å². The van der Waals surface area contributed by atoms with Gasteiger partial charge in [-0.2, -0.15) is 0 Å². The Bertz CT molecular complexity index is 695. The van der Waals surface area contributed by atoms with Crippen LogP contribution in [0.4, 0.5) is 0 Å². The first-order valence-corrected chi connectivity index (χ1v) is 8.90. The largest absolute Gasteiger partial charge is 0.508 e. The van der Waals surface area contributed by atoms with Gasteiger partial charge in [0.05, 0.1) is 6.04 Å². The van der Waals surface area contributed by atoms with E-state index >= 15 is 0 Å². The molecule has 3 aliphatic rings. The summed E-state index contributed by atoms with van der Waals surface area (Å²) in [5.41, 5.74) is 2.23. The van der Waals surface area contributed by atoms with E-state index in [1.165, 1.54) is 12.8 Å². The van der Waals surface area contributed by atoms with E-state index in [9.17, 15) is 9.90 Å². The molecule has 1 aliphatic heterocycles. The fourth-order valence-corrected chi connectivity index (χ4v) is 4.30. The van der Waals surface area contributed by atoms with Crippen molar-refractivity contribution < 1.29 is 9.90 Å². The van der Waals surface area contributed by atoms with Crippen LogP contribution >= 0.6 is 0 Å². The summed E-state index contributed by atoms with van der Waals surface area (Å²) >= 11 is 0. The Morgan fingerprint density at radius 1 is 1.17 bits per heavy atom. The molecule has 1 aromatic carbocycles. The van der Waals surface area contributed by atoms with Crippen LogP contribution in [-0.4, -0.2) is 23.1 Å². The van der Waals surface area contributed by atoms with Crippen LogP contribution < -0.4 is 10.6 Å². The van der Waals surface area contributed by atoms with E-state index in [2.05, 4.69) is 34.9 Å². The molecule has 4 atom stereocenters. The molecule has 0 bridgehead atoms. The number of allylic oxidation sites excluding steroid dienone is 3. The fourth-order valence-electron chi connectivity index (χ4n) is 4.30. The van der Waals surface area contributed by atoms with E-state index in [-0.39, 0.29) is 23.7 Å². The molecular formula is C20H24N2O2. The normalized spacial score (nSPS) is 31.2. The molecule has 1 saturated carbocycles. The third-order valence-electron chi connectivity index (χ3n) is 5.61. The number of carbonyl (C=O) groups is 1. The predicted octanol–water partition coefficient (Wildman–Crippen LogP) is 2.43. The molecule has 24 heavy (non-hydrogen) atoms. The van der Waals surface area contributed by atoms with Gasteiger partial charge in [0.15, 0.2) is 0 Å². The van der Waals surface area contributed by atoms with E-state index in [1.807, 2.05) is 6.07 Å². The minimum absolute atomic E-state index is 0.0994. The maximum atomic E-state index is 12.8. The molecule has 3 N–H and O–H groups in total. The predicted molar refractivity (Wildman–Crippen MR) is 93.5 cm³/mol. The van der Waals surface area contributed by atoms with E-state index in [0.29, 0.717) is 24.8 Å². The second kappa shape index (κ2) is 6.44. The van der Waals surface area contributed by atoms with E-state index in [1.54, 1.807) is 12.1 Å². The molecule has 1 aromatic rings. The summed E-state index contributed by atoms with van der Waals surface area (Å²) in [5, 5.41) is 16.2. The number of aromatic hydroxyl groups is 1. The molecule has 0 radical (unpaired) electrons. The summed E-state index contributed by atoms with van der Waals surface area (Å²) in [6, 6.07) is 5.45. The van der Waals surface area contributed by atoms with Crippen LogP contribution in [0.3, 0.4) is 0 Å². The number of hydrogen-bond donors (Lipinski definition) is 3. The molecule has 4 heteroatoms. The van der Waals surface area contributed by atoms with Crippen molar-refractivity contribution in [1.29, 1.82) is 0 Å². The Hall–Kier alpha value is -2.07. The van der Waals surface area contributed by atoms with Gasteiger partial charge in [-0.1, -0.05) is 36.8 Å². The number of carbonyl (C=O) groups excluding carboxylic acids is 1. The zero-order chi connectivity index (χ0) is 16.5. The monoisotopic (exact) mass is 324 g/mol. The van der Waals surface area contributed by atoms with Gasteiger partial charge in [-0.3, -0.25) is 4.79 Å². The first-order chi connectivity index (χ1) is 11.7. The molecule has 1 amide bonds. The van der Waals surface area contributed by atoms with Crippen molar-refractivity contribution in [3.63, 3.8) is 0 Å². The minimum atomic E-state index is -0.189. The third-order valence-corrected chi connectivity index (χ3v) is 5.61. The SMILES string of the molecule is O=C(N[C@H]1CCCC2C=CC=CC21)[C@@H]1Cc2ccc(O)cc2CN1. The Morgan fingerprint density at radius 2 is 2.04 bits per heavy atom. The number of benzene rings is 1. The van der Waals surface area contributed by atoms with Crippen LogP contribution in [0.15, 0.2) is 42.5 Å². The second-order valence-electron chi connectivity index (χ2n) is 7.15. The van der Waals surface area contributed by atoms with Crippen LogP contribution in [0.5, 0.6) is 5.75 Å². The highest BCUT2D eigenvalue weighted by Crippen LogP contribution is 2.34. The van der Waals surface area contributed by atoms with Gasteiger partial charge in [0, 0.05) is 18.5 Å². The van der Waals surface area contributed by atoms with Crippen molar-refractivity contribution in [3.8, 4) is 5.75 Å². The molecule has 1 heterocycles. The van der Waals surface area contributed by atoms with Crippen LogP contribution in [-0.2, 0) is 17.8 Å². The first kappa shape index (κ1) is 15.5. The van der Waals surface area contributed by atoms with Gasteiger partial charge in [0.25, 0.3) is 0 Å². The quantitative estimate of drug-likeness (QED) is 0.783. The summed E-state index contributed by atoms with van der Waals surface area (Å²) < 4.78 is 0. The molecule has 0 spiro atoms. The van der Waals surface area contributed by atoms with Crippen molar-refractivity contribution in [3.05, 3.63) is 53.6 Å². The number of phenols is 1. The highest BCUT2D eigenvalue weighted by atomic mass is 16.3. The standard InChI is InChI=1S/C20H24N2O2/c23-16-9-8-14-11-19(21-12-15(14)10-16)20(24)22-18-7-3-5-13-4-1-2-6-17(13)18/h1-2,4,6,8-10,13,17-19,21,23H,3,5,7,11-12H2,(H,22,24)/t13?,17?,18-,19-/m0/s1. The molecule has 2 aliphatic carbocycles. The van der Waals surface area contributed by atoms with Crippen molar-refractivity contribution in [2.75, 3.05) is 0 Å². The van der Waals surface area contributed by atoms with Crippen LogP contribution in [0, 0.1) is 11.8 Å². The van der Waals surface area contributed by atoms with Gasteiger partial charge < -0.3 is 15.7 Å². The van der Waals surface area contributed by atoms with Crippen LogP contribution in [0.1, 0.15) is 30.4 Å². The summed E-state index contributed by atoms with van der Waals surface area (Å²) in [6.07, 6.45) is 12.9. The van der Waals surface area contributed by atoms with Gasteiger partial charge >= 0.3 is 0 Å². The van der Waals surface area contributed by atoms with Crippen molar-refractivity contribution >= 4 is 5.91 Å². The lowest BCUT2D eigenvalue weighted by atomic mass is 9.74. The maximum absolute atomic E-state index is 12.8. The average Bonchev–Trinajstić information content (AvgIpc) is 2.61. The zero-order valence-electron chi connectivity index (χ0n) is 13.7. The smallest absolute Gasteiger partial charge is 0.237 e. The number of fused-ring (bicyclic) bond motifs is 2. The average molecular weight is 324 g/mol. The highest BCUT2D eigenvalue weighted by Gasteiger charge is 2.34. The van der Waals surface area contributed by atoms with Gasteiger partial charge in [-0.15, -0.1) is 0 Å². The van der Waals surface area contributed by atoms with Gasteiger partial charge in [-0.25, -0.2) is 0 Å². The summed E-state index contributed by atoms with van der Waals surface area (Å²) in [7, 11) is 0. The number of amides is 1. The molecular weight excluding hydrogens is 300 g/mol. The number of phenolic OH excluding ortho intramolecular Hbond substituents is 1. The van der Waals surface area contributed by atoms with Gasteiger partial charge in [-0.05, 0) is 48.4 Å². The highest BCUT2D eigenvalue weighted by molar-refractivity contribution is 5.82. The van der Waals surface area contributed by atoms with E-state index in [4.69, 9.17) is 0 Å². The molecule has 126 valence electrons. The lowest BCUT2D eigenvalue weighted by Gasteiger charge is -2.38. The minimum Gasteiger partial charge on any atom is -0.508 e. The Labute approximate surface area is 142 Å². The van der Waals surface area contributed by atoms with Gasteiger partial charge in [0.2, 0.25) is 5.91 Å². The lowest BCUT2D eigenvalue weighted by Crippen LogP contribution is -2.53. The van der Waals surface area contributed by atoms with Gasteiger partial charge in [0.1, 0.15) is 5.75 Å². The van der Waals surface area contributed by atoms with E-state index in [0.717, 1.165) is 17.5 Å². The molecule has 4 nitrogen and oxygen atoms in total. The number of rotatable bonds is 2. The third kappa shape index (κ3) is 2.98. The number of hydrogen-bond acceptors (Lipinski definition) is 3. The Balaban J connectivity index is 1.42. The topological polar surface area (TPSA) is 61.4 Å². The van der Waals surface area contributed by atoms with E-state index < -0.39 is 0 Å². The Morgan fingerprint density at radius 3 is 2.96 bits per heavy atom. The summed E-state index contributed by atoms with van der Waals surface area (Å²) in [5.74, 6) is 1.38. The van der Waals surface area contributed by atoms with Crippen LogP contribution in [0.25, 0.3) is 0 Å². The Kier molecular flexibility index (Phi) is 4.15. The first-order valence-electron chi connectivity index (χ1n) is 8.90.